The molecule has 2 aliphatic heterocycles. The number of fused-ring (bicyclic) bond motifs is 1. The van der Waals surface area contributed by atoms with Gasteiger partial charge in [0.15, 0.2) is 0 Å². The second-order valence-corrected chi connectivity index (χ2v) is 8.65. The van der Waals surface area contributed by atoms with E-state index in [0.29, 0.717) is 32.5 Å². The molecule has 8 nitrogen and oxygen atoms in total. The standard InChI is InChI=1S/C17H23N3O5S/c1-12(21)18-10-16-11-20(17(22)25-16)15-4-3-13-5-7-19(26(2,23)24)8-6-14(13)9-15/h3-4,9,16H,5-8,10-11H2,1-2H3,(H,18,21)/t16-/m0/s1. The predicted molar refractivity (Wildman–Crippen MR) is 96.6 cm³/mol. The van der Waals surface area contributed by atoms with E-state index in [0.717, 1.165) is 16.8 Å². The summed E-state index contributed by atoms with van der Waals surface area (Å²) in [4.78, 5) is 24.7. The number of rotatable bonds is 4. The van der Waals surface area contributed by atoms with E-state index in [1.807, 2.05) is 18.2 Å². The zero-order chi connectivity index (χ0) is 18.9. The summed E-state index contributed by atoms with van der Waals surface area (Å²) < 4.78 is 30.3. The van der Waals surface area contributed by atoms with Crippen LogP contribution in [0.4, 0.5) is 10.5 Å². The lowest BCUT2D eigenvalue weighted by Crippen LogP contribution is -2.33. The van der Waals surface area contributed by atoms with E-state index in [1.54, 1.807) is 4.90 Å². The summed E-state index contributed by atoms with van der Waals surface area (Å²) in [5.41, 5.74) is 2.88. The number of hydrogen-bond donors (Lipinski definition) is 1. The van der Waals surface area contributed by atoms with Gasteiger partial charge in [-0.3, -0.25) is 9.69 Å². The molecule has 1 N–H and O–H groups in total. The molecule has 0 unspecified atom stereocenters. The number of carbonyl (C=O) groups excluding carboxylic acids is 2. The highest BCUT2D eigenvalue weighted by Gasteiger charge is 2.33. The normalized spacial score (nSPS) is 21.1. The SMILES string of the molecule is CC(=O)NC[C@H]1CN(c2ccc3c(c2)CCN(S(C)(=O)=O)CC3)C(=O)O1. The smallest absolute Gasteiger partial charge is 0.414 e. The van der Waals surface area contributed by atoms with Gasteiger partial charge in [-0.1, -0.05) is 6.07 Å². The monoisotopic (exact) mass is 381 g/mol. The quantitative estimate of drug-likeness (QED) is 0.820. The average molecular weight is 381 g/mol. The molecule has 1 aromatic rings. The Bertz CT molecular complexity index is 824. The van der Waals surface area contributed by atoms with Crippen molar-refractivity contribution in [1.29, 1.82) is 0 Å². The van der Waals surface area contributed by atoms with Crippen molar-refractivity contribution in [2.75, 3.05) is 37.3 Å². The van der Waals surface area contributed by atoms with Crippen molar-refractivity contribution in [3.8, 4) is 0 Å². The van der Waals surface area contributed by atoms with E-state index in [9.17, 15) is 18.0 Å². The van der Waals surface area contributed by atoms with Crippen molar-refractivity contribution in [3.05, 3.63) is 29.3 Å². The molecular formula is C17H23N3O5S. The van der Waals surface area contributed by atoms with Gasteiger partial charge in [0.2, 0.25) is 15.9 Å². The van der Waals surface area contributed by atoms with Crippen LogP contribution >= 0.6 is 0 Å². The first kappa shape index (κ1) is 18.7. The molecule has 0 radical (unpaired) electrons. The van der Waals surface area contributed by atoms with Gasteiger partial charge in [-0.2, -0.15) is 0 Å². The Balaban J connectivity index is 1.73. The molecule has 2 heterocycles. The lowest BCUT2D eigenvalue weighted by atomic mass is 10.0. The van der Waals surface area contributed by atoms with Crippen molar-refractivity contribution in [2.45, 2.75) is 25.9 Å². The fourth-order valence-electron chi connectivity index (χ4n) is 3.29. The number of ether oxygens (including phenoxy) is 1. The van der Waals surface area contributed by atoms with Crippen LogP contribution in [-0.4, -0.2) is 63.3 Å². The van der Waals surface area contributed by atoms with E-state index in [1.165, 1.54) is 17.5 Å². The van der Waals surface area contributed by atoms with Crippen LogP contribution < -0.4 is 10.2 Å². The summed E-state index contributed by atoms with van der Waals surface area (Å²) in [7, 11) is -3.21. The number of nitrogens with zero attached hydrogens (tertiary/aromatic N) is 2. The number of nitrogens with one attached hydrogen (secondary N) is 1. The Kier molecular flexibility index (Phi) is 5.19. The minimum atomic E-state index is -3.21. The van der Waals surface area contributed by atoms with E-state index in [2.05, 4.69) is 5.32 Å². The van der Waals surface area contributed by atoms with Crippen LogP contribution in [0.15, 0.2) is 18.2 Å². The lowest BCUT2D eigenvalue weighted by molar-refractivity contribution is -0.119. The minimum absolute atomic E-state index is 0.167. The molecule has 1 fully saturated rings. The molecule has 1 atom stereocenters. The van der Waals surface area contributed by atoms with Crippen molar-refractivity contribution >= 4 is 27.7 Å². The number of benzene rings is 1. The van der Waals surface area contributed by atoms with Crippen LogP contribution in [0, 0.1) is 0 Å². The molecule has 1 saturated heterocycles. The molecule has 0 bridgehead atoms. The van der Waals surface area contributed by atoms with Gasteiger partial charge in [0.1, 0.15) is 6.10 Å². The Hall–Kier alpha value is -2.13. The van der Waals surface area contributed by atoms with Crippen molar-refractivity contribution in [3.63, 3.8) is 0 Å². The molecule has 0 aromatic heterocycles. The molecule has 0 aliphatic carbocycles. The van der Waals surface area contributed by atoms with Gasteiger partial charge >= 0.3 is 6.09 Å². The zero-order valence-corrected chi connectivity index (χ0v) is 15.7. The fourth-order valence-corrected chi connectivity index (χ4v) is 4.13. The maximum absolute atomic E-state index is 12.2. The van der Waals surface area contributed by atoms with Gasteiger partial charge in [0.05, 0.1) is 19.3 Å². The average Bonchev–Trinajstić information content (AvgIpc) is 2.79. The molecule has 0 saturated carbocycles. The molecular weight excluding hydrogens is 358 g/mol. The van der Waals surface area contributed by atoms with Crippen molar-refractivity contribution in [2.24, 2.45) is 0 Å². The number of amides is 2. The van der Waals surface area contributed by atoms with E-state index >= 15 is 0 Å². The highest BCUT2D eigenvalue weighted by atomic mass is 32.2. The third-order valence-electron chi connectivity index (χ3n) is 4.68. The Morgan fingerprint density at radius 3 is 2.62 bits per heavy atom. The molecule has 142 valence electrons. The highest BCUT2D eigenvalue weighted by molar-refractivity contribution is 7.88. The third-order valence-corrected chi connectivity index (χ3v) is 5.99. The summed E-state index contributed by atoms with van der Waals surface area (Å²) in [6.45, 7) is 2.97. The van der Waals surface area contributed by atoms with Crippen LogP contribution in [0.1, 0.15) is 18.1 Å². The summed E-state index contributed by atoms with van der Waals surface area (Å²) >= 11 is 0. The Morgan fingerprint density at radius 1 is 1.27 bits per heavy atom. The van der Waals surface area contributed by atoms with Gasteiger partial charge < -0.3 is 10.1 Å². The lowest BCUT2D eigenvalue weighted by Gasteiger charge is -2.16. The predicted octanol–water partition coefficient (Wildman–Crippen LogP) is 0.508. The zero-order valence-electron chi connectivity index (χ0n) is 14.9. The van der Waals surface area contributed by atoms with Gasteiger partial charge in [-0.25, -0.2) is 17.5 Å². The van der Waals surface area contributed by atoms with Gasteiger partial charge in [-0.15, -0.1) is 0 Å². The third kappa shape index (κ3) is 4.16. The van der Waals surface area contributed by atoms with Crippen LogP contribution in [0.5, 0.6) is 0 Å². The summed E-state index contributed by atoms with van der Waals surface area (Å²) in [6, 6.07) is 5.74. The van der Waals surface area contributed by atoms with Crippen LogP contribution in [-0.2, 0) is 32.4 Å². The number of cyclic esters (lactones) is 1. The minimum Gasteiger partial charge on any atom is -0.442 e. The Morgan fingerprint density at radius 2 is 1.96 bits per heavy atom. The molecule has 2 aliphatic rings. The fraction of sp³-hybridized carbons (Fsp3) is 0.529. The molecule has 26 heavy (non-hydrogen) atoms. The van der Waals surface area contributed by atoms with Gasteiger partial charge in [0, 0.05) is 25.7 Å². The second kappa shape index (κ2) is 7.24. The summed E-state index contributed by atoms with van der Waals surface area (Å²) in [6.07, 6.45) is 1.66. The van der Waals surface area contributed by atoms with E-state index in [-0.39, 0.29) is 18.6 Å². The first-order valence-electron chi connectivity index (χ1n) is 8.53. The maximum atomic E-state index is 12.2. The van der Waals surface area contributed by atoms with Crippen LogP contribution in [0.25, 0.3) is 0 Å². The number of hydrogen-bond acceptors (Lipinski definition) is 5. The summed E-state index contributed by atoms with van der Waals surface area (Å²) in [5, 5.41) is 2.65. The first-order valence-corrected chi connectivity index (χ1v) is 10.4. The first-order chi connectivity index (χ1) is 12.2. The van der Waals surface area contributed by atoms with Crippen LogP contribution in [0.3, 0.4) is 0 Å². The molecule has 0 spiro atoms. The number of sulfonamides is 1. The molecule has 3 rings (SSSR count). The second-order valence-electron chi connectivity index (χ2n) is 6.67. The van der Waals surface area contributed by atoms with E-state index in [4.69, 9.17) is 4.74 Å². The van der Waals surface area contributed by atoms with E-state index < -0.39 is 16.1 Å². The highest BCUT2D eigenvalue weighted by Crippen LogP contribution is 2.27. The Labute approximate surface area is 153 Å². The van der Waals surface area contributed by atoms with Gasteiger partial charge in [0.25, 0.3) is 0 Å². The topological polar surface area (TPSA) is 96.0 Å². The molecule has 2 amide bonds. The van der Waals surface area contributed by atoms with Gasteiger partial charge in [-0.05, 0) is 36.1 Å². The summed E-state index contributed by atoms with van der Waals surface area (Å²) in [5.74, 6) is -0.167. The maximum Gasteiger partial charge on any atom is 0.414 e. The molecule has 1 aromatic carbocycles. The van der Waals surface area contributed by atoms with Crippen molar-refractivity contribution < 1.29 is 22.7 Å². The molecule has 9 heteroatoms. The number of carbonyl (C=O) groups is 2. The van der Waals surface area contributed by atoms with Crippen LogP contribution in [0.2, 0.25) is 0 Å². The number of anilines is 1. The largest absolute Gasteiger partial charge is 0.442 e. The van der Waals surface area contributed by atoms with Crippen molar-refractivity contribution in [1.82, 2.24) is 9.62 Å².